The molecule has 8 nitrogen and oxygen atoms in total. The number of imide groups is 1. The second kappa shape index (κ2) is 9.93. The number of esters is 1. The van der Waals surface area contributed by atoms with Gasteiger partial charge < -0.3 is 18.9 Å². The summed E-state index contributed by atoms with van der Waals surface area (Å²) >= 11 is 0. The summed E-state index contributed by atoms with van der Waals surface area (Å²) in [6.45, 7) is 1.38. The highest BCUT2D eigenvalue weighted by molar-refractivity contribution is 6.06. The second-order valence-electron chi connectivity index (χ2n) is 7.40. The van der Waals surface area contributed by atoms with Gasteiger partial charge in [0.25, 0.3) is 5.91 Å². The Labute approximate surface area is 184 Å². The molecule has 1 aliphatic carbocycles. The number of carbonyl (C=O) groups is 3. The van der Waals surface area contributed by atoms with Crippen molar-refractivity contribution in [3.05, 3.63) is 23.8 Å². The van der Waals surface area contributed by atoms with E-state index in [1.54, 1.807) is 6.07 Å². The molecule has 0 spiro atoms. The summed E-state index contributed by atoms with van der Waals surface area (Å²) in [5.41, 5.74) is 0.614. The van der Waals surface area contributed by atoms with Gasteiger partial charge in [0.1, 0.15) is 0 Å². The molecule has 1 saturated heterocycles. The second-order valence-corrected chi connectivity index (χ2v) is 7.40. The van der Waals surface area contributed by atoms with Gasteiger partial charge >= 0.3 is 5.97 Å². The summed E-state index contributed by atoms with van der Waals surface area (Å²) < 4.78 is 64.6. The lowest BCUT2D eigenvalue weighted by Crippen LogP contribution is -2.50. The fraction of sp³-hybridized carbons (Fsp3) is 0.591. The fourth-order valence-electron chi connectivity index (χ4n) is 4.03. The van der Waals surface area contributed by atoms with Gasteiger partial charge in [0.2, 0.25) is 5.91 Å². The normalized spacial score (nSPS) is 27.9. The topological polar surface area (TPSA) is 91.4 Å². The Hall–Kier alpha value is -2.61. The van der Waals surface area contributed by atoms with Gasteiger partial charge in [0.05, 0.1) is 47.5 Å². The number of carbonyl (C=O) groups excluding carboxylic acids is 3. The quantitative estimate of drug-likeness (QED) is 0.466. The SMILES string of the molecule is [2H]C([2H])([2H])Oc1ccc(CCO[C@@H]2CCCC[C@H]2N2C(=O)C[C@@H](OC(C)=O)C2=O)cc1OC([2H])([2H])[2H]. The van der Waals surface area contributed by atoms with E-state index in [2.05, 4.69) is 0 Å². The van der Waals surface area contributed by atoms with Gasteiger partial charge in [0.15, 0.2) is 17.6 Å². The van der Waals surface area contributed by atoms with E-state index in [9.17, 15) is 14.4 Å². The van der Waals surface area contributed by atoms with Crippen LogP contribution in [0.15, 0.2) is 18.2 Å². The smallest absolute Gasteiger partial charge is 0.303 e. The van der Waals surface area contributed by atoms with Crippen molar-refractivity contribution in [2.24, 2.45) is 0 Å². The minimum atomic E-state index is -2.81. The average molecular weight is 426 g/mol. The van der Waals surface area contributed by atoms with Gasteiger partial charge in [-0.2, -0.15) is 0 Å². The van der Waals surface area contributed by atoms with Crippen molar-refractivity contribution in [2.75, 3.05) is 20.7 Å². The molecule has 30 heavy (non-hydrogen) atoms. The van der Waals surface area contributed by atoms with E-state index >= 15 is 0 Å². The highest BCUT2D eigenvalue weighted by atomic mass is 16.5. The van der Waals surface area contributed by atoms with E-state index in [0.717, 1.165) is 12.8 Å². The molecule has 8 heteroatoms. The van der Waals surface area contributed by atoms with Crippen molar-refractivity contribution in [1.82, 2.24) is 4.90 Å². The summed E-state index contributed by atoms with van der Waals surface area (Å²) in [4.78, 5) is 37.7. The first kappa shape index (κ1) is 15.2. The van der Waals surface area contributed by atoms with Gasteiger partial charge in [-0.1, -0.05) is 18.9 Å². The van der Waals surface area contributed by atoms with E-state index in [-0.39, 0.29) is 24.5 Å². The number of hydrogen-bond donors (Lipinski definition) is 0. The van der Waals surface area contributed by atoms with E-state index in [0.29, 0.717) is 24.8 Å². The van der Waals surface area contributed by atoms with E-state index < -0.39 is 50.1 Å². The number of nitrogens with zero attached hydrogens (tertiary/aromatic N) is 1. The summed E-state index contributed by atoms with van der Waals surface area (Å²) in [6, 6.07) is 3.81. The van der Waals surface area contributed by atoms with Gasteiger partial charge in [0, 0.05) is 6.92 Å². The summed E-state index contributed by atoms with van der Waals surface area (Å²) in [6.07, 6.45) is 1.53. The van der Waals surface area contributed by atoms with Crippen LogP contribution in [0, 0.1) is 0 Å². The maximum absolute atomic E-state index is 12.7. The van der Waals surface area contributed by atoms with Crippen LogP contribution >= 0.6 is 0 Å². The number of ether oxygens (including phenoxy) is 4. The fourth-order valence-corrected chi connectivity index (χ4v) is 4.03. The standard InChI is InChI=1S/C22H29NO7/c1-14(24)30-20-13-21(25)23(22(20)26)16-6-4-5-7-17(16)29-11-10-15-8-9-18(27-2)19(12-15)28-3/h8-9,12,16-17,20H,4-7,10-11,13H2,1-3H3/t16-,17-,20-/m1/s1/i2D3,3D3. The molecule has 0 N–H and O–H groups in total. The third kappa shape index (κ3) is 4.92. The van der Waals surface area contributed by atoms with Crippen LogP contribution in [0.1, 0.15) is 52.8 Å². The molecule has 3 rings (SSSR count). The van der Waals surface area contributed by atoms with Crippen LogP contribution in [0.25, 0.3) is 0 Å². The summed E-state index contributed by atoms with van der Waals surface area (Å²) in [5.74, 6) is -2.02. The first-order valence-electron chi connectivity index (χ1n) is 12.9. The number of rotatable bonds is 8. The van der Waals surface area contributed by atoms with Crippen molar-refractivity contribution in [2.45, 2.75) is 63.7 Å². The van der Waals surface area contributed by atoms with Gasteiger partial charge in [-0.05, 0) is 37.0 Å². The van der Waals surface area contributed by atoms with Crippen molar-refractivity contribution in [3.63, 3.8) is 0 Å². The Balaban J connectivity index is 1.66. The van der Waals surface area contributed by atoms with Gasteiger partial charge in [-0.25, -0.2) is 0 Å². The zero-order chi connectivity index (χ0) is 26.7. The van der Waals surface area contributed by atoms with Crippen LogP contribution in [0.5, 0.6) is 11.5 Å². The highest BCUT2D eigenvalue weighted by Crippen LogP contribution is 2.31. The van der Waals surface area contributed by atoms with Crippen molar-refractivity contribution in [3.8, 4) is 11.5 Å². The Morgan fingerprint density at radius 3 is 2.70 bits per heavy atom. The third-order valence-electron chi connectivity index (χ3n) is 5.40. The molecule has 2 aliphatic rings. The maximum atomic E-state index is 12.7. The molecule has 1 aromatic carbocycles. The van der Waals surface area contributed by atoms with Gasteiger partial charge in [-0.15, -0.1) is 0 Å². The predicted molar refractivity (Wildman–Crippen MR) is 107 cm³/mol. The monoisotopic (exact) mass is 425 g/mol. The lowest BCUT2D eigenvalue weighted by Gasteiger charge is -2.36. The Kier molecular flexibility index (Phi) is 5.04. The molecule has 1 saturated carbocycles. The molecule has 3 atom stereocenters. The molecular formula is C22H29NO7. The lowest BCUT2D eigenvalue weighted by molar-refractivity contribution is -0.158. The zero-order valence-corrected chi connectivity index (χ0v) is 16.7. The van der Waals surface area contributed by atoms with Gasteiger partial charge in [-0.3, -0.25) is 19.3 Å². The van der Waals surface area contributed by atoms with Crippen LogP contribution in [-0.2, 0) is 30.3 Å². The maximum Gasteiger partial charge on any atom is 0.303 e. The molecule has 1 heterocycles. The molecule has 2 fully saturated rings. The number of methoxy groups -OCH3 is 2. The molecule has 164 valence electrons. The first-order valence-corrected chi connectivity index (χ1v) is 9.89. The Morgan fingerprint density at radius 2 is 1.93 bits per heavy atom. The molecule has 0 unspecified atom stereocenters. The minimum absolute atomic E-state index is 0.182. The minimum Gasteiger partial charge on any atom is -0.493 e. The molecule has 1 aliphatic heterocycles. The van der Waals surface area contributed by atoms with E-state index in [1.165, 1.54) is 24.0 Å². The Bertz CT molecular complexity index is 981. The lowest BCUT2D eigenvalue weighted by atomic mass is 9.91. The number of benzene rings is 1. The molecule has 1 aromatic rings. The van der Waals surface area contributed by atoms with Crippen LogP contribution < -0.4 is 9.47 Å². The third-order valence-corrected chi connectivity index (χ3v) is 5.40. The predicted octanol–water partition coefficient (Wildman–Crippen LogP) is 2.26. The van der Waals surface area contributed by atoms with Crippen LogP contribution in [-0.4, -0.2) is 61.6 Å². The van der Waals surface area contributed by atoms with Crippen LogP contribution in [0.3, 0.4) is 0 Å². The van der Waals surface area contributed by atoms with Crippen molar-refractivity contribution in [1.29, 1.82) is 0 Å². The summed E-state index contributed by atoms with van der Waals surface area (Å²) in [5, 5.41) is 0. The molecular weight excluding hydrogens is 390 g/mol. The van der Waals surface area contributed by atoms with E-state index in [4.69, 9.17) is 27.2 Å². The highest BCUT2D eigenvalue weighted by Gasteiger charge is 2.47. The van der Waals surface area contributed by atoms with E-state index in [1.807, 2.05) is 0 Å². The molecule has 2 amide bonds. The average Bonchev–Trinajstić information content (AvgIpc) is 3.00. The molecule has 0 radical (unpaired) electrons. The van der Waals surface area contributed by atoms with Crippen LogP contribution in [0.2, 0.25) is 0 Å². The van der Waals surface area contributed by atoms with Crippen molar-refractivity contribution >= 4 is 17.8 Å². The summed E-state index contributed by atoms with van der Waals surface area (Å²) in [7, 11) is -5.59. The number of amides is 2. The number of hydrogen-bond acceptors (Lipinski definition) is 7. The zero-order valence-electron chi connectivity index (χ0n) is 22.7. The Morgan fingerprint density at radius 1 is 1.17 bits per heavy atom. The first-order chi connectivity index (χ1) is 16.7. The van der Waals surface area contributed by atoms with Crippen LogP contribution in [0.4, 0.5) is 0 Å². The largest absolute Gasteiger partial charge is 0.493 e. The number of likely N-dealkylation sites (tertiary alicyclic amines) is 1. The molecule has 0 bridgehead atoms. The van der Waals surface area contributed by atoms with Crippen molar-refractivity contribution < 1.29 is 41.6 Å². The molecule has 0 aromatic heterocycles.